The highest BCUT2D eigenvalue weighted by Crippen LogP contribution is 2.33. The summed E-state index contributed by atoms with van der Waals surface area (Å²) in [4.78, 5) is 24.3. The summed E-state index contributed by atoms with van der Waals surface area (Å²) in [6.45, 7) is 6.78. The molecule has 2 aliphatic rings. The quantitative estimate of drug-likeness (QED) is 0.495. The fraction of sp³-hybridized carbons (Fsp3) is 0.370. The average Bonchev–Trinajstić information content (AvgIpc) is 3.31. The molecule has 6 rings (SSSR count). The first-order valence-corrected chi connectivity index (χ1v) is 12.4. The molecule has 8 heteroatoms. The fourth-order valence-electron chi connectivity index (χ4n) is 5.64. The van der Waals surface area contributed by atoms with Crippen LogP contribution >= 0.6 is 0 Å². The lowest BCUT2D eigenvalue weighted by molar-refractivity contribution is 0.0982. The van der Waals surface area contributed by atoms with Crippen LogP contribution in [0.25, 0.3) is 27.5 Å². The van der Waals surface area contributed by atoms with Crippen molar-refractivity contribution in [3.63, 3.8) is 0 Å². The number of rotatable bonds is 4. The third-order valence-corrected chi connectivity index (χ3v) is 7.71. The number of piperidine rings is 1. The first kappa shape index (κ1) is 22.0. The normalized spacial score (nSPS) is 18.5. The summed E-state index contributed by atoms with van der Waals surface area (Å²) in [6.07, 6.45) is 8.28. The number of piperazine rings is 1. The van der Waals surface area contributed by atoms with Crippen LogP contribution in [0.5, 0.6) is 0 Å². The van der Waals surface area contributed by atoms with Gasteiger partial charge in [-0.1, -0.05) is 30.3 Å². The Balaban J connectivity index is 1.25. The van der Waals surface area contributed by atoms with Crippen molar-refractivity contribution in [1.82, 2.24) is 24.4 Å². The summed E-state index contributed by atoms with van der Waals surface area (Å²) in [7, 11) is 2.21. The Labute approximate surface area is 204 Å². The number of anilines is 1. The number of benzene rings is 2. The molecule has 0 bridgehead atoms. The lowest BCUT2D eigenvalue weighted by Crippen LogP contribution is -2.52. The van der Waals surface area contributed by atoms with Gasteiger partial charge in [-0.2, -0.15) is 5.10 Å². The zero-order chi connectivity index (χ0) is 23.9. The maximum atomic E-state index is 11.9. The van der Waals surface area contributed by atoms with Crippen LogP contribution < -0.4 is 10.6 Å². The first-order chi connectivity index (χ1) is 17.1. The number of carbonyl (C=O) groups excluding carboxylic acids is 1. The van der Waals surface area contributed by atoms with E-state index in [0.717, 1.165) is 46.3 Å². The topological polar surface area (TPSA) is 83.0 Å². The third-order valence-electron chi connectivity index (χ3n) is 7.71. The lowest BCUT2D eigenvalue weighted by atomic mass is 9.96. The molecule has 180 valence electrons. The van der Waals surface area contributed by atoms with Gasteiger partial charge in [0.2, 0.25) is 5.91 Å². The summed E-state index contributed by atoms with van der Waals surface area (Å²) < 4.78 is 1.87. The van der Waals surface area contributed by atoms with Gasteiger partial charge in [-0.15, -0.1) is 0 Å². The molecule has 1 amide bonds. The largest absolute Gasteiger partial charge is 0.369 e. The predicted octanol–water partition coefficient (Wildman–Crippen LogP) is 2.86. The monoisotopic (exact) mass is 469 g/mol. The second-order valence-corrected chi connectivity index (χ2v) is 9.77. The van der Waals surface area contributed by atoms with Crippen molar-refractivity contribution >= 4 is 28.0 Å². The highest BCUT2D eigenvalue weighted by atomic mass is 16.1. The molecule has 2 aliphatic heterocycles. The van der Waals surface area contributed by atoms with Gasteiger partial charge in [-0.25, -0.2) is 9.50 Å². The Morgan fingerprint density at radius 1 is 0.914 bits per heavy atom. The SMILES string of the molecule is CN1CCN(C2CCN(c3cnc4c(-c5ccc(C(N)=O)c6ccccc56)cnn4c3)CC2)CC1. The number of hydrogen-bond acceptors (Lipinski definition) is 6. The molecule has 0 unspecified atom stereocenters. The number of primary amides is 1. The highest BCUT2D eigenvalue weighted by molar-refractivity contribution is 6.11. The standard InChI is InChI=1S/C27H31N7O/c1-31-12-14-33(15-13-31)19-8-10-32(11-9-19)20-16-29-27-25(17-30-34(27)18-20)23-6-7-24(26(28)35)22-5-3-2-4-21(22)23/h2-7,16-19H,8-15H2,1H3,(H2,28,35). The molecule has 35 heavy (non-hydrogen) atoms. The molecular weight excluding hydrogens is 438 g/mol. The van der Waals surface area contributed by atoms with Crippen molar-refractivity contribution < 1.29 is 4.79 Å². The number of likely N-dealkylation sites (N-methyl/N-ethyl adjacent to an activating group) is 1. The van der Waals surface area contributed by atoms with Crippen LogP contribution in [0, 0.1) is 0 Å². The molecule has 0 atom stereocenters. The third kappa shape index (κ3) is 4.02. The van der Waals surface area contributed by atoms with E-state index in [1.165, 1.54) is 39.0 Å². The summed E-state index contributed by atoms with van der Waals surface area (Å²) in [5.74, 6) is -0.424. The van der Waals surface area contributed by atoms with E-state index >= 15 is 0 Å². The molecule has 2 N–H and O–H groups in total. The van der Waals surface area contributed by atoms with Crippen LogP contribution in [-0.4, -0.2) is 82.7 Å². The van der Waals surface area contributed by atoms with Crippen LogP contribution in [0.2, 0.25) is 0 Å². The van der Waals surface area contributed by atoms with Crippen molar-refractivity contribution in [3.8, 4) is 11.1 Å². The van der Waals surface area contributed by atoms with Crippen molar-refractivity contribution in [2.45, 2.75) is 18.9 Å². The summed E-state index contributed by atoms with van der Waals surface area (Å²) in [5.41, 5.74) is 9.98. The second kappa shape index (κ2) is 8.94. The number of fused-ring (bicyclic) bond motifs is 2. The molecule has 4 heterocycles. The molecule has 2 aromatic carbocycles. The Kier molecular flexibility index (Phi) is 5.62. The van der Waals surface area contributed by atoms with Gasteiger partial charge in [0.25, 0.3) is 0 Å². The van der Waals surface area contributed by atoms with E-state index in [4.69, 9.17) is 10.7 Å². The molecule has 2 fully saturated rings. The molecule has 0 saturated carbocycles. The van der Waals surface area contributed by atoms with Crippen molar-refractivity contribution in [2.75, 3.05) is 51.2 Å². The van der Waals surface area contributed by atoms with E-state index in [9.17, 15) is 4.79 Å². The number of nitrogens with zero attached hydrogens (tertiary/aromatic N) is 6. The Hall–Kier alpha value is -3.49. The van der Waals surface area contributed by atoms with Crippen molar-refractivity contribution in [2.24, 2.45) is 5.73 Å². The maximum Gasteiger partial charge on any atom is 0.249 e. The highest BCUT2D eigenvalue weighted by Gasteiger charge is 2.27. The van der Waals surface area contributed by atoms with Gasteiger partial charge in [0.15, 0.2) is 5.65 Å². The maximum absolute atomic E-state index is 11.9. The fourth-order valence-corrected chi connectivity index (χ4v) is 5.64. The zero-order valence-electron chi connectivity index (χ0n) is 20.1. The van der Waals surface area contributed by atoms with Gasteiger partial charge in [0.1, 0.15) is 0 Å². The van der Waals surface area contributed by atoms with Crippen LogP contribution in [-0.2, 0) is 0 Å². The van der Waals surface area contributed by atoms with E-state index in [1.807, 2.05) is 47.2 Å². The van der Waals surface area contributed by atoms with Crippen LogP contribution in [0.15, 0.2) is 55.0 Å². The molecule has 0 spiro atoms. The average molecular weight is 470 g/mol. The minimum atomic E-state index is -0.424. The van der Waals surface area contributed by atoms with E-state index in [2.05, 4.69) is 33.0 Å². The Bertz CT molecular complexity index is 1380. The molecular formula is C27H31N7O. The van der Waals surface area contributed by atoms with Crippen molar-refractivity contribution in [1.29, 1.82) is 0 Å². The summed E-state index contributed by atoms with van der Waals surface area (Å²) in [5, 5.41) is 6.45. The molecule has 4 aromatic rings. The van der Waals surface area contributed by atoms with E-state index in [-0.39, 0.29) is 0 Å². The number of aromatic nitrogens is 3. The number of hydrogen-bond donors (Lipinski definition) is 1. The summed E-state index contributed by atoms with van der Waals surface area (Å²) >= 11 is 0. The molecule has 8 nitrogen and oxygen atoms in total. The molecule has 2 aromatic heterocycles. The van der Waals surface area contributed by atoms with Crippen molar-refractivity contribution in [3.05, 3.63) is 60.6 Å². The zero-order valence-corrected chi connectivity index (χ0v) is 20.1. The van der Waals surface area contributed by atoms with Crippen LogP contribution in [0.4, 0.5) is 5.69 Å². The first-order valence-electron chi connectivity index (χ1n) is 12.4. The molecule has 0 aliphatic carbocycles. The smallest absolute Gasteiger partial charge is 0.249 e. The van der Waals surface area contributed by atoms with Gasteiger partial charge < -0.3 is 15.5 Å². The minimum absolute atomic E-state index is 0.424. The lowest BCUT2D eigenvalue weighted by Gasteiger charge is -2.42. The summed E-state index contributed by atoms with van der Waals surface area (Å²) in [6, 6.07) is 12.3. The van der Waals surface area contributed by atoms with Crippen LogP contribution in [0.1, 0.15) is 23.2 Å². The van der Waals surface area contributed by atoms with Gasteiger partial charge in [0.05, 0.1) is 24.3 Å². The number of carbonyl (C=O) groups is 1. The van der Waals surface area contributed by atoms with Gasteiger partial charge in [0, 0.05) is 56.4 Å². The number of nitrogens with two attached hydrogens (primary N) is 1. The molecule has 0 radical (unpaired) electrons. The minimum Gasteiger partial charge on any atom is -0.369 e. The predicted molar refractivity (Wildman–Crippen MR) is 139 cm³/mol. The van der Waals surface area contributed by atoms with E-state index < -0.39 is 5.91 Å². The van der Waals surface area contributed by atoms with E-state index in [1.54, 1.807) is 6.07 Å². The van der Waals surface area contributed by atoms with Gasteiger partial charge in [-0.3, -0.25) is 9.69 Å². The van der Waals surface area contributed by atoms with Crippen LogP contribution in [0.3, 0.4) is 0 Å². The number of amides is 1. The second-order valence-electron chi connectivity index (χ2n) is 9.77. The van der Waals surface area contributed by atoms with Gasteiger partial charge in [-0.05, 0) is 42.3 Å². The Morgan fingerprint density at radius 2 is 1.66 bits per heavy atom. The Morgan fingerprint density at radius 3 is 2.40 bits per heavy atom. The van der Waals surface area contributed by atoms with E-state index in [0.29, 0.717) is 11.6 Å². The van der Waals surface area contributed by atoms with Gasteiger partial charge >= 0.3 is 0 Å². The molecule has 2 saturated heterocycles.